The Morgan fingerprint density at radius 3 is 2.81 bits per heavy atom. The number of ether oxygens (including phenoxy) is 1. The number of anilines is 1. The molecule has 0 spiro atoms. The molecule has 0 unspecified atom stereocenters. The Balaban J connectivity index is 1.82. The second kappa shape index (κ2) is 6.28. The lowest BCUT2D eigenvalue weighted by Gasteiger charge is -2.18. The second-order valence-electron chi connectivity index (χ2n) is 4.88. The van der Waals surface area contributed by atoms with E-state index in [-0.39, 0.29) is 11.8 Å². The minimum Gasteiger partial charge on any atom is -0.383 e. The van der Waals surface area contributed by atoms with Gasteiger partial charge in [0.15, 0.2) is 0 Å². The van der Waals surface area contributed by atoms with E-state index in [2.05, 4.69) is 15.2 Å². The quantitative estimate of drug-likeness (QED) is 0.816. The largest absolute Gasteiger partial charge is 0.383 e. The number of methoxy groups -OCH3 is 1. The van der Waals surface area contributed by atoms with E-state index in [4.69, 9.17) is 4.74 Å². The van der Waals surface area contributed by atoms with Gasteiger partial charge in [-0.3, -0.25) is 14.7 Å². The first-order valence-electron chi connectivity index (χ1n) is 6.84. The molecule has 1 amide bonds. The van der Waals surface area contributed by atoms with Crippen molar-refractivity contribution in [1.29, 1.82) is 0 Å². The number of hydrogen-bond acceptors (Lipinski definition) is 6. The molecule has 7 heteroatoms. The lowest BCUT2D eigenvalue weighted by molar-refractivity contribution is -0.119. The molecule has 21 heavy (non-hydrogen) atoms. The first kappa shape index (κ1) is 14.1. The molecule has 6 nitrogen and oxygen atoms in total. The highest BCUT2D eigenvalue weighted by Gasteiger charge is 2.35. The van der Waals surface area contributed by atoms with Gasteiger partial charge in [-0.15, -0.1) is 10.2 Å². The van der Waals surface area contributed by atoms with Crippen molar-refractivity contribution in [3.05, 3.63) is 24.5 Å². The van der Waals surface area contributed by atoms with E-state index in [1.807, 2.05) is 12.1 Å². The average Bonchev–Trinajstić information content (AvgIpc) is 3.27. The summed E-state index contributed by atoms with van der Waals surface area (Å²) in [6.45, 7) is 0.999. The first-order chi connectivity index (χ1) is 10.3. The van der Waals surface area contributed by atoms with Crippen molar-refractivity contribution in [2.75, 3.05) is 25.2 Å². The molecule has 2 aromatic rings. The minimum atomic E-state index is 0.129. The highest BCUT2D eigenvalue weighted by Crippen LogP contribution is 2.35. The molecule has 2 aromatic heterocycles. The summed E-state index contributed by atoms with van der Waals surface area (Å²) in [5.41, 5.74) is 0.958. The lowest BCUT2D eigenvalue weighted by atomic mass is 10.3. The maximum Gasteiger partial charge on any atom is 0.232 e. The van der Waals surface area contributed by atoms with Gasteiger partial charge in [-0.05, 0) is 25.0 Å². The summed E-state index contributed by atoms with van der Waals surface area (Å²) in [5, 5.41) is 9.78. The van der Waals surface area contributed by atoms with Crippen LogP contribution in [-0.2, 0) is 9.53 Å². The van der Waals surface area contributed by atoms with Crippen LogP contribution in [-0.4, -0.2) is 41.3 Å². The molecule has 1 aliphatic rings. The molecule has 0 atom stereocenters. The monoisotopic (exact) mass is 304 g/mol. The van der Waals surface area contributed by atoms with Gasteiger partial charge in [0.25, 0.3) is 0 Å². The van der Waals surface area contributed by atoms with E-state index in [0.29, 0.717) is 18.3 Å². The Labute approximate surface area is 126 Å². The molecular weight excluding hydrogens is 288 g/mol. The third-order valence-corrected chi connectivity index (χ3v) is 4.28. The number of nitrogens with zero attached hydrogens (tertiary/aromatic N) is 4. The third-order valence-electron chi connectivity index (χ3n) is 3.28. The maximum absolute atomic E-state index is 12.4. The molecule has 0 saturated heterocycles. The van der Waals surface area contributed by atoms with Gasteiger partial charge in [-0.25, -0.2) is 0 Å². The molecule has 0 bridgehead atoms. The predicted molar refractivity (Wildman–Crippen MR) is 80.1 cm³/mol. The first-order valence-corrected chi connectivity index (χ1v) is 7.65. The Morgan fingerprint density at radius 1 is 1.38 bits per heavy atom. The smallest absolute Gasteiger partial charge is 0.232 e. The van der Waals surface area contributed by atoms with E-state index in [9.17, 15) is 4.79 Å². The zero-order valence-electron chi connectivity index (χ0n) is 11.7. The number of pyridine rings is 1. The van der Waals surface area contributed by atoms with Crippen LogP contribution in [0.15, 0.2) is 24.5 Å². The summed E-state index contributed by atoms with van der Waals surface area (Å²) in [4.78, 5) is 18.0. The van der Waals surface area contributed by atoms with Crippen molar-refractivity contribution in [3.63, 3.8) is 0 Å². The van der Waals surface area contributed by atoms with Gasteiger partial charge in [0, 0.05) is 31.0 Å². The lowest BCUT2D eigenvalue weighted by Crippen LogP contribution is -2.35. The van der Waals surface area contributed by atoms with Crippen molar-refractivity contribution in [1.82, 2.24) is 15.2 Å². The topological polar surface area (TPSA) is 68.2 Å². The van der Waals surface area contributed by atoms with E-state index in [1.165, 1.54) is 11.3 Å². The minimum absolute atomic E-state index is 0.129. The van der Waals surface area contributed by atoms with Gasteiger partial charge >= 0.3 is 0 Å². The number of aromatic nitrogens is 3. The van der Waals surface area contributed by atoms with Crippen molar-refractivity contribution in [2.24, 2.45) is 5.92 Å². The van der Waals surface area contributed by atoms with E-state index < -0.39 is 0 Å². The molecule has 0 aromatic carbocycles. The predicted octanol–water partition coefficient (Wildman–Crippen LogP) is 1.99. The molecule has 1 aliphatic carbocycles. The van der Waals surface area contributed by atoms with Gasteiger partial charge in [-0.1, -0.05) is 11.3 Å². The number of amides is 1. The van der Waals surface area contributed by atoms with Crippen LogP contribution in [0.5, 0.6) is 0 Å². The van der Waals surface area contributed by atoms with Crippen LogP contribution >= 0.6 is 11.3 Å². The fourth-order valence-corrected chi connectivity index (χ4v) is 2.85. The van der Waals surface area contributed by atoms with Gasteiger partial charge in [0.05, 0.1) is 13.2 Å². The number of carbonyl (C=O) groups is 1. The Morgan fingerprint density at radius 2 is 2.14 bits per heavy atom. The van der Waals surface area contributed by atoms with Gasteiger partial charge in [-0.2, -0.15) is 0 Å². The highest BCUT2D eigenvalue weighted by molar-refractivity contribution is 7.18. The van der Waals surface area contributed by atoms with Crippen LogP contribution < -0.4 is 4.90 Å². The SMILES string of the molecule is COCCN(C(=O)C1CC1)c1nnc(-c2ccncc2)s1. The van der Waals surface area contributed by atoms with E-state index in [1.54, 1.807) is 24.4 Å². The Kier molecular flexibility index (Phi) is 4.21. The third kappa shape index (κ3) is 3.25. The summed E-state index contributed by atoms with van der Waals surface area (Å²) in [7, 11) is 1.63. The summed E-state index contributed by atoms with van der Waals surface area (Å²) < 4.78 is 5.09. The van der Waals surface area contributed by atoms with Crippen LogP contribution in [0, 0.1) is 5.92 Å². The molecule has 0 N–H and O–H groups in total. The van der Waals surface area contributed by atoms with Crippen molar-refractivity contribution in [2.45, 2.75) is 12.8 Å². The molecule has 0 radical (unpaired) electrons. The van der Waals surface area contributed by atoms with Crippen LogP contribution in [0.3, 0.4) is 0 Å². The molecule has 3 rings (SSSR count). The Bertz CT molecular complexity index is 612. The molecule has 110 valence electrons. The molecular formula is C14H16N4O2S. The maximum atomic E-state index is 12.4. The fraction of sp³-hybridized carbons (Fsp3) is 0.429. The normalized spacial score (nSPS) is 14.1. The van der Waals surface area contributed by atoms with Crippen molar-refractivity contribution < 1.29 is 9.53 Å². The van der Waals surface area contributed by atoms with Crippen LogP contribution in [0.1, 0.15) is 12.8 Å². The standard InChI is InChI=1S/C14H16N4O2S/c1-20-9-8-18(13(19)11-2-3-11)14-17-16-12(21-14)10-4-6-15-7-5-10/h4-7,11H,2-3,8-9H2,1H3. The average molecular weight is 304 g/mol. The van der Waals surface area contributed by atoms with Crippen LogP contribution in [0.2, 0.25) is 0 Å². The summed E-state index contributed by atoms with van der Waals surface area (Å²) >= 11 is 1.42. The zero-order valence-corrected chi connectivity index (χ0v) is 12.5. The number of carbonyl (C=O) groups excluding carboxylic acids is 1. The summed E-state index contributed by atoms with van der Waals surface area (Å²) in [6, 6.07) is 3.76. The van der Waals surface area contributed by atoms with Crippen LogP contribution in [0.25, 0.3) is 10.6 Å². The van der Waals surface area contributed by atoms with E-state index >= 15 is 0 Å². The molecule has 1 saturated carbocycles. The van der Waals surface area contributed by atoms with Gasteiger partial charge in [0.2, 0.25) is 11.0 Å². The molecule has 1 fully saturated rings. The summed E-state index contributed by atoms with van der Waals surface area (Å²) in [5.74, 6) is 0.277. The fourth-order valence-electron chi connectivity index (χ4n) is 1.97. The molecule has 0 aliphatic heterocycles. The van der Waals surface area contributed by atoms with Crippen LogP contribution in [0.4, 0.5) is 5.13 Å². The highest BCUT2D eigenvalue weighted by atomic mass is 32.1. The Hall–Kier alpha value is -1.86. The molecule has 2 heterocycles. The number of hydrogen-bond donors (Lipinski definition) is 0. The van der Waals surface area contributed by atoms with E-state index in [0.717, 1.165) is 23.4 Å². The van der Waals surface area contributed by atoms with Gasteiger partial charge < -0.3 is 4.74 Å². The number of rotatable bonds is 6. The van der Waals surface area contributed by atoms with Crippen molar-refractivity contribution >= 4 is 22.4 Å². The van der Waals surface area contributed by atoms with Crippen molar-refractivity contribution in [3.8, 4) is 10.6 Å². The van der Waals surface area contributed by atoms with Gasteiger partial charge in [0.1, 0.15) is 5.01 Å². The second-order valence-corrected chi connectivity index (χ2v) is 5.84. The summed E-state index contributed by atoms with van der Waals surface area (Å²) in [6.07, 6.45) is 5.37. The zero-order chi connectivity index (χ0) is 14.7.